The van der Waals surface area contributed by atoms with Gasteiger partial charge >= 0.3 is 0 Å². The molecule has 5 heteroatoms. The van der Waals surface area contributed by atoms with Crippen LogP contribution in [0, 0.1) is 5.41 Å². The van der Waals surface area contributed by atoms with Crippen LogP contribution < -0.4 is 10.5 Å². The van der Waals surface area contributed by atoms with E-state index in [1.807, 2.05) is 18.2 Å². The summed E-state index contributed by atoms with van der Waals surface area (Å²) in [5, 5.41) is 7.61. The van der Waals surface area contributed by atoms with Crippen molar-refractivity contribution in [2.24, 2.45) is 5.73 Å². The van der Waals surface area contributed by atoms with Crippen LogP contribution in [0.2, 0.25) is 0 Å². The van der Waals surface area contributed by atoms with Crippen molar-refractivity contribution >= 4 is 5.84 Å². The van der Waals surface area contributed by atoms with Crippen LogP contribution in [0.4, 0.5) is 0 Å². The third kappa shape index (κ3) is 3.49. The van der Waals surface area contributed by atoms with Crippen molar-refractivity contribution in [3.05, 3.63) is 29.3 Å². The van der Waals surface area contributed by atoms with E-state index in [0.29, 0.717) is 17.4 Å². The Morgan fingerprint density at radius 3 is 2.60 bits per heavy atom. The Balaban J connectivity index is 2.03. The summed E-state index contributed by atoms with van der Waals surface area (Å²) in [6.07, 6.45) is 2.55. The van der Waals surface area contributed by atoms with Gasteiger partial charge in [-0.15, -0.1) is 0 Å². The lowest BCUT2D eigenvalue weighted by Gasteiger charge is -2.31. The molecule has 0 aliphatic carbocycles. The summed E-state index contributed by atoms with van der Waals surface area (Å²) in [5.74, 6) is 0.695. The van der Waals surface area contributed by atoms with Gasteiger partial charge in [0.1, 0.15) is 11.6 Å². The van der Waals surface area contributed by atoms with Crippen LogP contribution in [0.3, 0.4) is 0 Å². The average Bonchev–Trinajstić information content (AvgIpc) is 2.48. The molecule has 0 radical (unpaired) electrons. The summed E-state index contributed by atoms with van der Waals surface area (Å²) >= 11 is 0. The summed E-state index contributed by atoms with van der Waals surface area (Å²) in [4.78, 5) is 2.40. The van der Waals surface area contributed by atoms with Crippen LogP contribution in [0.25, 0.3) is 0 Å². The smallest absolute Gasteiger partial charge is 0.129 e. The number of nitrogens with zero attached hydrogens (tertiary/aromatic N) is 1. The highest BCUT2D eigenvalue weighted by molar-refractivity contribution is 5.97. The Labute approximate surface area is 120 Å². The van der Waals surface area contributed by atoms with Crippen LogP contribution in [0.1, 0.15) is 24.0 Å². The van der Waals surface area contributed by atoms with E-state index in [9.17, 15) is 0 Å². The van der Waals surface area contributed by atoms with Crippen LogP contribution in [-0.4, -0.2) is 44.1 Å². The molecular weight excluding hydrogens is 254 g/mol. The number of nitrogens with two attached hydrogens (primary N) is 1. The number of benzene rings is 1. The molecule has 0 atom stereocenters. The molecule has 1 aromatic rings. The molecule has 1 aliphatic heterocycles. The molecule has 0 saturated carbocycles. The molecule has 5 nitrogen and oxygen atoms in total. The van der Waals surface area contributed by atoms with Crippen molar-refractivity contribution in [3.63, 3.8) is 0 Å². The van der Waals surface area contributed by atoms with E-state index in [-0.39, 0.29) is 5.84 Å². The molecule has 0 amide bonds. The topological polar surface area (TPSA) is 71.6 Å². The van der Waals surface area contributed by atoms with E-state index in [0.717, 1.165) is 38.0 Å². The van der Waals surface area contributed by atoms with Crippen LogP contribution >= 0.6 is 0 Å². The number of amidine groups is 1. The fourth-order valence-corrected chi connectivity index (χ4v) is 2.63. The number of nitrogen functional groups attached to an aromatic ring is 1. The molecule has 1 saturated heterocycles. The minimum absolute atomic E-state index is 0.0433. The highest BCUT2D eigenvalue weighted by Gasteiger charge is 2.19. The first-order chi connectivity index (χ1) is 9.63. The Morgan fingerprint density at radius 2 is 2.05 bits per heavy atom. The standard InChI is InChI=1S/C15H23N3O2/c1-19-12-5-7-18(8-6-12)10-11-3-4-14(20-2)13(9-11)15(16)17/h3-4,9,12H,5-8,10H2,1-2H3,(H3,16,17). The zero-order chi connectivity index (χ0) is 14.5. The maximum atomic E-state index is 7.61. The van der Waals surface area contributed by atoms with Crippen molar-refractivity contribution < 1.29 is 9.47 Å². The zero-order valence-electron chi connectivity index (χ0n) is 12.2. The van der Waals surface area contributed by atoms with Crippen molar-refractivity contribution in [1.82, 2.24) is 4.90 Å². The van der Waals surface area contributed by atoms with Gasteiger partial charge in [-0.3, -0.25) is 10.3 Å². The Kier molecular flexibility index (Phi) is 4.98. The highest BCUT2D eigenvalue weighted by atomic mass is 16.5. The first-order valence-corrected chi connectivity index (χ1v) is 6.90. The van der Waals surface area contributed by atoms with Crippen LogP contribution in [0.15, 0.2) is 18.2 Å². The van der Waals surface area contributed by atoms with Gasteiger partial charge in [0.05, 0.1) is 18.8 Å². The Morgan fingerprint density at radius 1 is 1.35 bits per heavy atom. The van der Waals surface area contributed by atoms with E-state index < -0.39 is 0 Å². The highest BCUT2D eigenvalue weighted by Crippen LogP contribution is 2.21. The van der Waals surface area contributed by atoms with Gasteiger partial charge in [0.25, 0.3) is 0 Å². The third-order valence-corrected chi connectivity index (χ3v) is 3.83. The van der Waals surface area contributed by atoms with Gasteiger partial charge in [-0.2, -0.15) is 0 Å². The van der Waals surface area contributed by atoms with E-state index >= 15 is 0 Å². The number of hydrogen-bond acceptors (Lipinski definition) is 4. The number of rotatable bonds is 5. The molecule has 3 N–H and O–H groups in total. The summed E-state index contributed by atoms with van der Waals surface area (Å²) in [6, 6.07) is 5.87. The number of hydrogen-bond donors (Lipinski definition) is 2. The van der Waals surface area contributed by atoms with Crippen molar-refractivity contribution in [2.75, 3.05) is 27.3 Å². The molecule has 2 rings (SSSR count). The lowest BCUT2D eigenvalue weighted by molar-refractivity contribution is 0.0388. The van der Waals surface area contributed by atoms with Gasteiger partial charge in [-0.1, -0.05) is 6.07 Å². The second-order valence-electron chi connectivity index (χ2n) is 5.16. The Bertz CT molecular complexity index is 468. The molecule has 1 aromatic carbocycles. The first kappa shape index (κ1) is 14.8. The van der Waals surface area contributed by atoms with E-state index in [2.05, 4.69) is 4.90 Å². The second kappa shape index (κ2) is 6.72. The Hall–Kier alpha value is -1.59. The van der Waals surface area contributed by atoms with E-state index in [4.69, 9.17) is 20.6 Å². The predicted molar refractivity (Wildman–Crippen MR) is 79.3 cm³/mol. The summed E-state index contributed by atoms with van der Waals surface area (Å²) in [6.45, 7) is 2.96. The SMILES string of the molecule is COc1ccc(CN2CCC(OC)CC2)cc1C(=N)N. The maximum Gasteiger partial charge on any atom is 0.129 e. The lowest BCUT2D eigenvalue weighted by atomic mass is 10.0. The fourth-order valence-electron chi connectivity index (χ4n) is 2.63. The van der Waals surface area contributed by atoms with Crippen molar-refractivity contribution in [3.8, 4) is 5.75 Å². The molecule has 1 aliphatic rings. The quantitative estimate of drug-likeness (QED) is 0.633. The van der Waals surface area contributed by atoms with E-state index in [1.165, 1.54) is 0 Å². The lowest BCUT2D eigenvalue weighted by Crippen LogP contribution is -2.36. The number of ether oxygens (including phenoxy) is 2. The zero-order valence-corrected chi connectivity index (χ0v) is 12.2. The van der Waals surface area contributed by atoms with Crippen LogP contribution in [0.5, 0.6) is 5.75 Å². The minimum atomic E-state index is 0.0433. The molecule has 0 unspecified atom stereocenters. The largest absolute Gasteiger partial charge is 0.496 e. The molecule has 110 valence electrons. The van der Waals surface area contributed by atoms with Gasteiger partial charge in [-0.05, 0) is 30.5 Å². The molecule has 1 fully saturated rings. The molecule has 0 bridgehead atoms. The summed E-state index contributed by atoms with van der Waals surface area (Å²) in [5.41, 5.74) is 7.42. The molecule has 20 heavy (non-hydrogen) atoms. The van der Waals surface area contributed by atoms with Gasteiger partial charge in [0.15, 0.2) is 0 Å². The monoisotopic (exact) mass is 277 g/mol. The first-order valence-electron chi connectivity index (χ1n) is 6.90. The fraction of sp³-hybridized carbons (Fsp3) is 0.533. The predicted octanol–water partition coefficient (Wildman–Crippen LogP) is 1.59. The van der Waals surface area contributed by atoms with E-state index in [1.54, 1.807) is 14.2 Å². The third-order valence-electron chi connectivity index (χ3n) is 3.83. The van der Waals surface area contributed by atoms with Crippen LogP contribution in [-0.2, 0) is 11.3 Å². The van der Waals surface area contributed by atoms with Gasteiger partial charge in [0.2, 0.25) is 0 Å². The minimum Gasteiger partial charge on any atom is -0.496 e. The number of piperidine rings is 1. The molecule has 0 aromatic heterocycles. The average molecular weight is 277 g/mol. The van der Waals surface area contributed by atoms with Gasteiger partial charge < -0.3 is 15.2 Å². The second-order valence-corrected chi connectivity index (χ2v) is 5.16. The van der Waals surface area contributed by atoms with Gasteiger partial charge in [-0.25, -0.2) is 0 Å². The maximum absolute atomic E-state index is 7.61. The summed E-state index contributed by atoms with van der Waals surface area (Å²) in [7, 11) is 3.37. The molecule has 1 heterocycles. The van der Waals surface area contributed by atoms with Crippen molar-refractivity contribution in [2.45, 2.75) is 25.5 Å². The number of likely N-dealkylation sites (tertiary alicyclic amines) is 1. The molecule has 0 spiro atoms. The number of nitrogens with one attached hydrogen (secondary N) is 1. The number of methoxy groups -OCH3 is 2. The normalized spacial score (nSPS) is 17.1. The molecular formula is C15H23N3O2. The summed E-state index contributed by atoms with van der Waals surface area (Å²) < 4.78 is 10.6. The van der Waals surface area contributed by atoms with Gasteiger partial charge in [0, 0.05) is 26.7 Å². The van der Waals surface area contributed by atoms with Crippen molar-refractivity contribution in [1.29, 1.82) is 5.41 Å².